The number of rotatable bonds is 3. The van der Waals surface area contributed by atoms with Crippen molar-refractivity contribution in [1.82, 2.24) is 0 Å². The van der Waals surface area contributed by atoms with Crippen LogP contribution in [0.4, 0.5) is 11.4 Å². The molecule has 0 bridgehead atoms. The van der Waals surface area contributed by atoms with E-state index in [4.69, 9.17) is 5.73 Å². The van der Waals surface area contributed by atoms with Crippen molar-refractivity contribution in [3.63, 3.8) is 0 Å². The van der Waals surface area contributed by atoms with Crippen molar-refractivity contribution < 1.29 is 0 Å². The number of nitrogens with one attached hydrogen (secondary N) is 1. The van der Waals surface area contributed by atoms with Gasteiger partial charge in [0.15, 0.2) is 0 Å². The Morgan fingerprint density at radius 3 is 2.75 bits per heavy atom. The molecule has 0 radical (unpaired) electrons. The van der Waals surface area contributed by atoms with Crippen LogP contribution >= 0.6 is 0 Å². The summed E-state index contributed by atoms with van der Waals surface area (Å²) in [4.78, 5) is 0. The molecule has 0 amide bonds. The Morgan fingerprint density at radius 1 is 1.50 bits per heavy atom. The predicted octanol–water partition coefficient (Wildman–Crippen LogP) is 2.26. The lowest BCUT2D eigenvalue weighted by Crippen LogP contribution is -2.12. The highest BCUT2D eigenvalue weighted by atomic mass is 14.9. The van der Waals surface area contributed by atoms with Crippen LogP contribution in [0.25, 0.3) is 0 Å². The molecule has 0 spiro atoms. The number of nitrogen functional groups attached to an aromatic ring is 1. The molecule has 0 aliphatic heterocycles. The molecule has 0 aromatic heterocycles. The van der Waals surface area contributed by atoms with Gasteiger partial charge in [-0.25, -0.2) is 0 Å². The highest BCUT2D eigenvalue weighted by Gasteiger charge is 1.98. The Bertz CT molecular complexity index is 268. The summed E-state index contributed by atoms with van der Waals surface area (Å²) in [5.74, 6) is 0. The van der Waals surface area contributed by atoms with Crippen LogP contribution in [0.5, 0.6) is 0 Å². The first kappa shape index (κ1) is 8.65. The first-order chi connectivity index (χ1) is 5.74. The largest absolute Gasteiger partial charge is 0.397 e. The number of anilines is 2. The standard InChI is InChI=1S/C10H14N2/c1-3-8(2)12-10-7-5-4-6-9(10)11/h3-8,12H,1,11H2,2H3. The van der Waals surface area contributed by atoms with Gasteiger partial charge in [-0.15, -0.1) is 6.58 Å². The van der Waals surface area contributed by atoms with Crippen molar-refractivity contribution >= 4 is 11.4 Å². The van der Waals surface area contributed by atoms with Gasteiger partial charge in [-0.1, -0.05) is 18.2 Å². The Hall–Kier alpha value is -1.44. The zero-order valence-electron chi connectivity index (χ0n) is 7.25. The fraction of sp³-hybridized carbons (Fsp3) is 0.200. The van der Waals surface area contributed by atoms with Crippen molar-refractivity contribution in [3.05, 3.63) is 36.9 Å². The lowest BCUT2D eigenvalue weighted by Gasteiger charge is -2.12. The van der Waals surface area contributed by atoms with Gasteiger partial charge in [-0.05, 0) is 19.1 Å². The van der Waals surface area contributed by atoms with Gasteiger partial charge >= 0.3 is 0 Å². The smallest absolute Gasteiger partial charge is 0.0578 e. The topological polar surface area (TPSA) is 38.0 Å². The van der Waals surface area contributed by atoms with Crippen LogP contribution in [-0.4, -0.2) is 6.04 Å². The Balaban J connectivity index is 2.75. The van der Waals surface area contributed by atoms with Gasteiger partial charge in [0.2, 0.25) is 0 Å². The van der Waals surface area contributed by atoms with Crippen molar-refractivity contribution in [2.45, 2.75) is 13.0 Å². The Morgan fingerprint density at radius 2 is 2.17 bits per heavy atom. The molecule has 1 unspecified atom stereocenters. The second-order valence-corrected chi connectivity index (χ2v) is 2.76. The normalized spacial score (nSPS) is 12.1. The maximum atomic E-state index is 5.73. The zero-order chi connectivity index (χ0) is 8.97. The monoisotopic (exact) mass is 162 g/mol. The molecule has 0 saturated heterocycles. The molecule has 1 aromatic rings. The Labute approximate surface area is 73.1 Å². The third-order valence-corrected chi connectivity index (χ3v) is 1.70. The van der Waals surface area contributed by atoms with Gasteiger partial charge in [-0.3, -0.25) is 0 Å². The minimum absolute atomic E-state index is 0.245. The molecular formula is C10H14N2. The number of hydrogen-bond acceptors (Lipinski definition) is 2. The molecule has 1 rings (SSSR count). The second-order valence-electron chi connectivity index (χ2n) is 2.76. The molecule has 0 saturated carbocycles. The molecule has 1 atom stereocenters. The molecule has 64 valence electrons. The summed E-state index contributed by atoms with van der Waals surface area (Å²) >= 11 is 0. The minimum Gasteiger partial charge on any atom is -0.397 e. The van der Waals surface area contributed by atoms with Gasteiger partial charge < -0.3 is 11.1 Å². The van der Waals surface area contributed by atoms with E-state index in [1.165, 1.54) is 0 Å². The Kier molecular flexibility index (Phi) is 2.75. The van der Waals surface area contributed by atoms with Crippen LogP contribution in [0.3, 0.4) is 0 Å². The van der Waals surface area contributed by atoms with Crippen LogP contribution in [0, 0.1) is 0 Å². The summed E-state index contributed by atoms with van der Waals surface area (Å²) in [6.07, 6.45) is 1.84. The van der Waals surface area contributed by atoms with E-state index < -0.39 is 0 Å². The van der Waals surface area contributed by atoms with E-state index in [0.29, 0.717) is 0 Å². The second kappa shape index (κ2) is 3.81. The average Bonchev–Trinajstić information content (AvgIpc) is 2.09. The van der Waals surface area contributed by atoms with E-state index in [2.05, 4.69) is 11.9 Å². The van der Waals surface area contributed by atoms with Crippen molar-refractivity contribution in [2.24, 2.45) is 0 Å². The molecular weight excluding hydrogens is 148 g/mol. The number of hydrogen-bond donors (Lipinski definition) is 2. The molecule has 1 aromatic carbocycles. The lowest BCUT2D eigenvalue weighted by molar-refractivity contribution is 1.00. The summed E-state index contributed by atoms with van der Waals surface area (Å²) in [5, 5.41) is 3.22. The highest BCUT2D eigenvalue weighted by molar-refractivity contribution is 5.66. The molecule has 0 heterocycles. The van der Waals surface area contributed by atoms with Crippen LogP contribution in [0.15, 0.2) is 36.9 Å². The minimum atomic E-state index is 0.245. The van der Waals surface area contributed by atoms with Crippen molar-refractivity contribution in [3.8, 4) is 0 Å². The fourth-order valence-electron chi connectivity index (χ4n) is 0.933. The molecule has 2 nitrogen and oxygen atoms in total. The van der Waals surface area contributed by atoms with E-state index in [1.807, 2.05) is 37.3 Å². The molecule has 0 aliphatic carbocycles. The summed E-state index contributed by atoms with van der Waals surface area (Å²) in [6.45, 7) is 5.71. The van der Waals surface area contributed by atoms with Crippen LogP contribution in [0.2, 0.25) is 0 Å². The lowest BCUT2D eigenvalue weighted by atomic mass is 10.2. The van der Waals surface area contributed by atoms with E-state index in [0.717, 1.165) is 11.4 Å². The highest BCUT2D eigenvalue weighted by Crippen LogP contribution is 2.17. The first-order valence-electron chi connectivity index (χ1n) is 3.97. The fourth-order valence-corrected chi connectivity index (χ4v) is 0.933. The molecule has 12 heavy (non-hydrogen) atoms. The summed E-state index contributed by atoms with van der Waals surface area (Å²) in [5.41, 5.74) is 7.46. The average molecular weight is 162 g/mol. The third kappa shape index (κ3) is 2.02. The van der Waals surface area contributed by atoms with Crippen LogP contribution < -0.4 is 11.1 Å². The maximum absolute atomic E-state index is 5.73. The molecule has 0 aliphatic rings. The molecule has 3 N–H and O–H groups in total. The summed E-state index contributed by atoms with van der Waals surface area (Å²) in [6, 6.07) is 7.94. The maximum Gasteiger partial charge on any atom is 0.0578 e. The van der Waals surface area contributed by atoms with Gasteiger partial charge in [-0.2, -0.15) is 0 Å². The summed E-state index contributed by atoms with van der Waals surface area (Å²) < 4.78 is 0. The first-order valence-corrected chi connectivity index (χ1v) is 3.97. The van der Waals surface area contributed by atoms with Crippen LogP contribution in [0.1, 0.15) is 6.92 Å². The van der Waals surface area contributed by atoms with E-state index >= 15 is 0 Å². The predicted molar refractivity (Wildman–Crippen MR) is 54.1 cm³/mol. The van der Waals surface area contributed by atoms with Crippen molar-refractivity contribution in [2.75, 3.05) is 11.1 Å². The van der Waals surface area contributed by atoms with E-state index in [9.17, 15) is 0 Å². The van der Waals surface area contributed by atoms with Gasteiger partial charge in [0, 0.05) is 6.04 Å². The third-order valence-electron chi connectivity index (χ3n) is 1.70. The molecule has 0 fully saturated rings. The SMILES string of the molecule is C=CC(C)Nc1ccccc1N. The molecule has 2 heteroatoms. The summed E-state index contributed by atoms with van der Waals surface area (Å²) in [7, 11) is 0. The van der Waals surface area contributed by atoms with Crippen molar-refractivity contribution in [1.29, 1.82) is 0 Å². The quantitative estimate of drug-likeness (QED) is 0.528. The van der Waals surface area contributed by atoms with Crippen LogP contribution in [-0.2, 0) is 0 Å². The number of benzene rings is 1. The number of nitrogens with two attached hydrogens (primary N) is 1. The number of para-hydroxylation sites is 2. The van der Waals surface area contributed by atoms with Gasteiger partial charge in [0.25, 0.3) is 0 Å². The van der Waals surface area contributed by atoms with Gasteiger partial charge in [0.05, 0.1) is 11.4 Å². The van der Waals surface area contributed by atoms with E-state index in [-0.39, 0.29) is 6.04 Å². The van der Waals surface area contributed by atoms with E-state index in [1.54, 1.807) is 0 Å². The van der Waals surface area contributed by atoms with Gasteiger partial charge in [0.1, 0.15) is 0 Å². The zero-order valence-corrected chi connectivity index (χ0v) is 7.25.